The molecule has 0 radical (unpaired) electrons. The van der Waals surface area contributed by atoms with Crippen molar-refractivity contribution in [2.45, 2.75) is 37.9 Å². The van der Waals surface area contributed by atoms with E-state index in [0.29, 0.717) is 19.4 Å². The average Bonchev–Trinajstić information content (AvgIpc) is 2.95. The summed E-state index contributed by atoms with van der Waals surface area (Å²) in [6.07, 6.45) is 1.60. The topological polar surface area (TPSA) is 120 Å². The number of nitrogens with zero attached hydrogens (tertiary/aromatic N) is 7. The van der Waals surface area contributed by atoms with Gasteiger partial charge in [-0.25, -0.2) is 9.78 Å². The Balaban J connectivity index is 0.000000194. The molecule has 11 nitrogen and oxygen atoms in total. The third kappa shape index (κ3) is 8.96. The summed E-state index contributed by atoms with van der Waals surface area (Å²) in [7, 11) is 2.19. The predicted octanol–water partition coefficient (Wildman–Crippen LogP) is 2.72. The van der Waals surface area contributed by atoms with Crippen LogP contribution in [0.25, 0.3) is 0 Å². The third-order valence-electron chi connectivity index (χ3n) is 7.36. The van der Waals surface area contributed by atoms with E-state index in [1.165, 1.54) is 45.0 Å². The number of carboxylic acid groups (broad SMARTS) is 1. The number of nitrogens with one attached hydrogen (secondary N) is 1. The lowest BCUT2D eigenvalue weighted by Gasteiger charge is -2.38. The van der Waals surface area contributed by atoms with E-state index in [1.807, 2.05) is 0 Å². The van der Waals surface area contributed by atoms with Crippen LogP contribution in [0.2, 0.25) is 0 Å². The van der Waals surface area contributed by atoms with Crippen molar-refractivity contribution in [1.29, 1.82) is 0 Å². The molecule has 3 fully saturated rings. The first kappa shape index (κ1) is 29.9. The van der Waals surface area contributed by atoms with Crippen molar-refractivity contribution >= 4 is 17.6 Å². The Hall–Kier alpha value is -3.10. The van der Waals surface area contributed by atoms with Crippen LogP contribution in [0, 0.1) is 5.92 Å². The summed E-state index contributed by atoms with van der Waals surface area (Å²) in [5.41, 5.74) is -0.988. The van der Waals surface area contributed by atoms with Gasteiger partial charge in [0.2, 0.25) is 0 Å². The lowest BCUT2D eigenvalue weighted by Crippen LogP contribution is -2.47. The van der Waals surface area contributed by atoms with E-state index in [4.69, 9.17) is 9.84 Å². The number of piperidine rings is 1. The number of likely N-dealkylation sites (N-methyl/N-ethyl adjacent to an activating group) is 1. The second-order valence-electron chi connectivity index (χ2n) is 10.5. The van der Waals surface area contributed by atoms with Gasteiger partial charge >= 0.3 is 12.1 Å². The van der Waals surface area contributed by atoms with Gasteiger partial charge in [0.25, 0.3) is 0 Å². The van der Waals surface area contributed by atoms with Crippen LogP contribution in [-0.4, -0.2) is 113 Å². The number of hydrogen-bond acceptors (Lipinski definition) is 10. The Kier molecular flexibility index (Phi) is 10.5. The molecule has 0 aliphatic carbocycles. The van der Waals surface area contributed by atoms with Crippen LogP contribution >= 0.6 is 0 Å². The minimum Gasteiger partial charge on any atom is -0.476 e. The summed E-state index contributed by atoms with van der Waals surface area (Å²) in [6, 6.07) is 3.29. The number of halogens is 3. The predicted molar refractivity (Wildman–Crippen MR) is 142 cm³/mol. The molecule has 220 valence electrons. The van der Waals surface area contributed by atoms with Crippen LogP contribution in [-0.2, 0) is 10.9 Å². The van der Waals surface area contributed by atoms with Gasteiger partial charge in [-0.3, -0.25) is 4.98 Å². The molecule has 5 heterocycles. The summed E-state index contributed by atoms with van der Waals surface area (Å²) >= 11 is 0. The fourth-order valence-electron chi connectivity index (χ4n) is 4.98. The van der Waals surface area contributed by atoms with Gasteiger partial charge in [0.05, 0.1) is 25.0 Å². The minimum atomic E-state index is -4.46. The number of ether oxygens (including phenoxy) is 1. The van der Waals surface area contributed by atoms with E-state index in [0.717, 1.165) is 50.5 Å². The Morgan fingerprint density at radius 2 is 1.82 bits per heavy atom. The molecule has 0 amide bonds. The zero-order valence-electron chi connectivity index (χ0n) is 22.7. The Morgan fingerprint density at radius 1 is 1.07 bits per heavy atom. The lowest BCUT2D eigenvalue weighted by molar-refractivity contribution is -0.141. The summed E-state index contributed by atoms with van der Waals surface area (Å²) in [6.45, 7) is 9.03. The van der Waals surface area contributed by atoms with Gasteiger partial charge in [0, 0.05) is 52.4 Å². The first-order chi connectivity index (χ1) is 19.2. The number of anilines is 2. The van der Waals surface area contributed by atoms with Gasteiger partial charge in [0.15, 0.2) is 17.2 Å². The highest BCUT2D eigenvalue weighted by atomic mass is 19.4. The van der Waals surface area contributed by atoms with Gasteiger partial charge in [-0.15, -0.1) is 10.2 Å². The van der Waals surface area contributed by atoms with E-state index in [-0.39, 0.29) is 17.6 Å². The van der Waals surface area contributed by atoms with E-state index in [9.17, 15) is 18.0 Å². The number of carboxylic acids is 1. The second-order valence-corrected chi connectivity index (χ2v) is 10.5. The molecule has 5 rings (SSSR count). The summed E-state index contributed by atoms with van der Waals surface area (Å²) in [5, 5.41) is 19.6. The molecular weight excluding hydrogens is 529 g/mol. The molecule has 2 N–H and O–H groups in total. The van der Waals surface area contributed by atoms with Crippen molar-refractivity contribution in [2.75, 3.05) is 76.3 Å². The zero-order chi connectivity index (χ0) is 28.5. The average molecular weight is 567 g/mol. The molecule has 0 saturated carbocycles. The molecule has 40 heavy (non-hydrogen) atoms. The first-order valence-electron chi connectivity index (χ1n) is 13.6. The van der Waals surface area contributed by atoms with Crippen molar-refractivity contribution in [1.82, 2.24) is 30.0 Å². The van der Waals surface area contributed by atoms with E-state index in [2.05, 4.69) is 47.2 Å². The normalized spacial score (nSPS) is 21.4. The molecular formula is C26H37F3N8O3. The Morgan fingerprint density at radius 3 is 2.42 bits per heavy atom. The van der Waals surface area contributed by atoms with E-state index >= 15 is 0 Å². The standard InChI is InChI=1S/C16H25N5O2.C10H12F3N3O/c1-19-8-10-20(11-9-19)12-13-4-6-21(7-5-13)15-3-2-14(16(22)23)17-18-15;11-10(12,13)8-4-14-5-9(16-8)15-7-2-1-3-17-6-7/h2-3,13H,4-12H2,1H3,(H,22,23);4-5,7H,1-3,6H2,(H,15,16). The lowest BCUT2D eigenvalue weighted by atomic mass is 9.96. The molecule has 2 aromatic rings. The highest BCUT2D eigenvalue weighted by Crippen LogP contribution is 2.28. The molecule has 3 saturated heterocycles. The number of aromatic carboxylic acids is 1. The highest BCUT2D eigenvalue weighted by Gasteiger charge is 2.33. The number of alkyl halides is 3. The highest BCUT2D eigenvalue weighted by molar-refractivity contribution is 5.85. The van der Waals surface area contributed by atoms with Crippen LogP contribution in [0.15, 0.2) is 24.5 Å². The van der Waals surface area contributed by atoms with E-state index < -0.39 is 17.8 Å². The molecule has 3 aliphatic heterocycles. The molecule has 1 unspecified atom stereocenters. The molecule has 0 bridgehead atoms. The van der Waals surface area contributed by atoms with Crippen LogP contribution in [0.3, 0.4) is 0 Å². The van der Waals surface area contributed by atoms with Gasteiger partial charge in [0.1, 0.15) is 5.82 Å². The van der Waals surface area contributed by atoms with Crippen molar-refractivity contribution < 1.29 is 27.8 Å². The maximum Gasteiger partial charge on any atom is 0.434 e. The number of piperazine rings is 1. The smallest absolute Gasteiger partial charge is 0.434 e. The number of aromatic nitrogens is 4. The van der Waals surface area contributed by atoms with Crippen molar-refractivity contribution in [3.05, 3.63) is 35.9 Å². The first-order valence-corrected chi connectivity index (χ1v) is 13.6. The zero-order valence-corrected chi connectivity index (χ0v) is 22.7. The third-order valence-corrected chi connectivity index (χ3v) is 7.36. The largest absolute Gasteiger partial charge is 0.476 e. The molecule has 0 aromatic carbocycles. The monoisotopic (exact) mass is 566 g/mol. The second kappa shape index (κ2) is 14.0. The van der Waals surface area contributed by atoms with Crippen LogP contribution in [0.1, 0.15) is 41.9 Å². The van der Waals surface area contributed by atoms with Crippen LogP contribution in [0.4, 0.5) is 24.8 Å². The van der Waals surface area contributed by atoms with Crippen molar-refractivity contribution in [3.8, 4) is 0 Å². The number of carbonyl (C=O) groups is 1. The molecule has 14 heteroatoms. The van der Waals surface area contributed by atoms with Gasteiger partial charge in [-0.1, -0.05) is 0 Å². The molecule has 1 atom stereocenters. The van der Waals surface area contributed by atoms with E-state index in [1.54, 1.807) is 6.07 Å². The molecule has 2 aromatic heterocycles. The maximum atomic E-state index is 12.4. The van der Waals surface area contributed by atoms with Gasteiger partial charge < -0.3 is 29.9 Å². The fraction of sp³-hybridized carbons (Fsp3) is 0.654. The summed E-state index contributed by atoms with van der Waals surface area (Å²) < 4.78 is 42.4. The quantitative estimate of drug-likeness (QED) is 0.537. The van der Waals surface area contributed by atoms with Crippen LogP contribution < -0.4 is 10.2 Å². The minimum absolute atomic E-state index is 0.00120. The SMILES string of the molecule is CN1CCN(CC2CCN(c3ccc(C(=O)O)nn3)CC2)CC1.FC(F)(F)c1cncc(NC2CCCOC2)n1. The number of rotatable bonds is 6. The summed E-state index contributed by atoms with van der Waals surface area (Å²) in [4.78, 5) is 25.0. The summed E-state index contributed by atoms with van der Waals surface area (Å²) in [5.74, 6) is 0.638. The molecule has 3 aliphatic rings. The van der Waals surface area contributed by atoms with Crippen molar-refractivity contribution in [2.24, 2.45) is 5.92 Å². The number of hydrogen-bond donors (Lipinski definition) is 2. The van der Waals surface area contributed by atoms with Gasteiger partial charge in [-0.2, -0.15) is 13.2 Å². The molecule has 0 spiro atoms. The Bertz CT molecular complexity index is 1070. The van der Waals surface area contributed by atoms with Crippen molar-refractivity contribution in [3.63, 3.8) is 0 Å². The van der Waals surface area contributed by atoms with Crippen LogP contribution in [0.5, 0.6) is 0 Å². The fourth-order valence-corrected chi connectivity index (χ4v) is 4.98. The Labute approximate surface area is 231 Å². The maximum absolute atomic E-state index is 12.4. The van der Waals surface area contributed by atoms with Gasteiger partial charge in [-0.05, 0) is 50.8 Å².